The number of amides is 3. The number of carbonyl (C=O) groups excluding carboxylic acids is 2. The number of urea groups is 1. The summed E-state index contributed by atoms with van der Waals surface area (Å²) in [5, 5.41) is 0. The van der Waals surface area contributed by atoms with Crippen molar-refractivity contribution in [2.75, 3.05) is 13.7 Å². The van der Waals surface area contributed by atoms with Crippen molar-refractivity contribution in [3.63, 3.8) is 0 Å². The van der Waals surface area contributed by atoms with Gasteiger partial charge in [0.1, 0.15) is 18.1 Å². The lowest BCUT2D eigenvalue weighted by atomic mass is 10.1. The first kappa shape index (κ1) is 18.6. The largest absolute Gasteiger partial charge is 0.497 e. The summed E-state index contributed by atoms with van der Waals surface area (Å²) in [4.78, 5) is 34.6. The van der Waals surface area contributed by atoms with Crippen LogP contribution in [0.1, 0.15) is 17.0 Å². The number of rotatable bonds is 5. The molecule has 0 aliphatic carbocycles. The van der Waals surface area contributed by atoms with E-state index < -0.39 is 30.2 Å². The van der Waals surface area contributed by atoms with Gasteiger partial charge in [-0.3, -0.25) is 9.69 Å². The molecule has 2 aromatic rings. The van der Waals surface area contributed by atoms with E-state index in [9.17, 15) is 22.8 Å². The molecule has 27 heavy (non-hydrogen) atoms. The van der Waals surface area contributed by atoms with Crippen LogP contribution in [0.15, 0.2) is 36.7 Å². The normalized spacial score (nSPS) is 14.8. The number of ether oxygens (including phenoxy) is 1. The fourth-order valence-electron chi connectivity index (χ4n) is 2.71. The lowest BCUT2D eigenvalue weighted by molar-refractivity contribution is -0.139. The average Bonchev–Trinajstić information content (AvgIpc) is 2.89. The smallest absolute Gasteiger partial charge is 0.416 e. The molecule has 10 heteroatoms. The Bertz CT molecular complexity index is 858. The average molecular weight is 380 g/mol. The van der Waals surface area contributed by atoms with Gasteiger partial charge < -0.3 is 9.64 Å². The van der Waals surface area contributed by atoms with Crippen LogP contribution < -0.4 is 4.74 Å². The molecule has 2 heterocycles. The Morgan fingerprint density at radius 1 is 1.15 bits per heavy atom. The summed E-state index contributed by atoms with van der Waals surface area (Å²) in [6.45, 7) is -0.728. The first-order chi connectivity index (χ1) is 12.8. The third kappa shape index (κ3) is 3.99. The van der Waals surface area contributed by atoms with Gasteiger partial charge in [-0.2, -0.15) is 13.2 Å². The Labute approximate surface area is 152 Å². The van der Waals surface area contributed by atoms with E-state index in [0.717, 1.165) is 11.0 Å². The zero-order chi connectivity index (χ0) is 19.6. The fraction of sp³-hybridized carbons (Fsp3) is 0.294. The minimum Gasteiger partial charge on any atom is -0.497 e. The molecule has 1 saturated heterocycles. The maximum absolute atomic E-state index is 13.3. The molecule has 1 fully saturated rings. The summed E-state index contributed by atoms with van der Waals surface area (Å²) in [6.07, 6.45) is -1.65. The van der Waals surface area contributed by atoms with Crippen molar-refractivity contribution in [2.24, 2.45) is 0 Å². The molecule has 0 saturated carbocycles. The van der Waals surface area contributed by atoms with Gasteiger partial charge in [0.2, 0.25) is 0 Å². The molecule has 0 bridgehead atoms. The number of alkyl halides is 3. The first-order valence-corrected chi connectivity index (χ1v) is 7.89. The number of hydrogen-bond acceptors (Lipinski definition) is 5. The SMILES string of the molecule is COc1ccc(CN2C(=O)CN(Cc3ncccn3)C2=O)c(C(F)(F)F)c1. The Hall–Kier alpha value is -3.17. The Kier molecular flexibility index (Phi) is 4.98. The number of halogens is 3. The van der Waals surface area contributed by atoms with Crippen molar-refractivity contribution in [1.82, 2.24) is 19.8 Å². The molecule has 142 valence electrons. The molecule has 0 unspecified atom stereocenters. The van der Waals surface area contributed by atoms with Crippen LogP contribution in [0.5, 0.6) is 5.75 Å². The molecule has 3 amide bonds. The van der Waals surface area contributed by atoms with Crippen LogP contribution in [-0.4, -0.2) is 45.4 Å². The number of imide groups is 1. The van der Waals surface area contributed by atoms with Crippen LogP contribution >= 0.6 is 0 Å². The van der Waals surface area contributed by atoms with Gasteiger partial charge in [-0.15, -0.1) is 0 Å². The highest BCUT2D eigenvalue weighted by Gasteiger charge is 2.39. The van der Waals surface area contributed by atoms with Crippen LogP contribution in [0, 0.1) is 0 Å². The van der Waals surface area contributed by atoms with Gasteiger partial charge in [0.05, 0.1) is 25.8 Å². The summed E-state index contributed by atoms with van der Waals surface area (Å²) in [5.41, 5.74) is -1.14. The fourth-order valence-corrected chi connectivity index (χ4v) is 2.71. The highest BCUT2D eigenvalue weighted by atomic mass is 19.4. The molecule has 1 aromatic carbocycles. The molecule has 0 atom stereocenters. The van der Waals surface area contributed by atoms with Gasteiger partial charge in [-0.25, -0.2) is 14.8 Å². The number of carbonyl (C=O) groups is 2. The third-order valence-electron chi connectivity index (χ3n) is 4.03. The van der Waals surface area contributed by atoms with Gasteiger partial charge in [-0.1, -0.05) is 6.07 Å². The molecule has 0 N–H and O–H groups in total. The Morgan fingerprint density at radius 2 is 1.85 bits per heavy atom. The van der Waals surface area contributed by atoms with Crippen molar-refractivity contribution in [3.8, 4) is 5.75 Å². The van der Waals surface area contributed by atoms with Crippen LogP contribution in [0.3, 0.4) is 0 Å². The molecule has 3 rings (SSSR count). The Morgan fingerprint density at radius 3 is 2.48 bits per heavy atom. The van der Waals surface area contributed by atoms with E-state index in [-0.39, 0.29) is 24.4 Å². The van der Waals surface area contributed by atoms with Crippen LogP contribution in [-0.2, 0) is 24.1 Å². The zero-order valence-corrected chi connectivity index (χ0v) is 14.2. The van der Waals surface area contributed by atoms with Crippen molar-refractivity contribution < 1.29 is 27.5 Å². The molecule has 7 nitrogen and oxygen atoms in total. The minimum atomic E-state index is -4.65. The summed E-state index contributed by atoms with van der Waals surface area (Å²) < 4.78 is 44.8. The topological polar surface area (TPSA) is 75.6 Å². The van der Waals surface area contributed by atoms with E-state index >= 15 is 0 Å². The molecule has 1 aliphatic rings. The van der Waals surface area contributed by atoms with E-state index in [4.69, 9.17) is 4.74 Å². The first-order valence-electron chi connectivity index (χ1n) is 7.89. The maximum atomic E-state index is 13.3. The van der Waals surface area contributed by atoms with E-state index in [0.29, 0.717) is 5.82 Å². The van der Waals surface area contributed by atoms with Crippen LogP contribution in [0.2, 0.25) is 0 Å². The maximum Gasteiger partial charge on any atom is 0.416 e. The number of hydrogen-bond donors (Lipinski definition) is 0. The standard InChI is InChI=1S/C17H15F3N4O3/c1-27-12-4-3-11(13(7-12)17(18,19)20)8-24-15(25)10-23(16(24)26)9-14-21-5-2-6-22-14/h2-7H,8-10H2,1H3. The summed E-state index contributed by atoms with van der Waals surface area (Å²) >= 11 is 0. The van der Waals surface area contributed by atoms with E-state index in [1.807, 2.05) is 0 Å². The minimum absolute atomic E-state index is 0.00332. The monoisotopic (exact) mass is 380 g/mol. The summed E-state index contributed by atoms with van der Waals surface area (Å²) in [7, 11) is 1.26. The number of methoxy groups -OCH3 is 1. The number of aromatic nitrogens is 2. The van der Waals surface area contributed by atoms with Gasteiger partial charge in [0.15, 0.2) is 0 Å². The van der Waals surface area contributed by atoms with Gasteiger partial charge in [0, 0.05) is 12.4 Å². The lowest BCUT2D eigenvalue weighted by Gasteiger charge is -2.19. The predicted octanol–water partition coefficient (Wildman–Crippen LogP) is 2.47. The molecular weight excluding hydrogens is 365 g/mol. The predicted molar refractivity (Wildman–Crippen MR) is 86.4 cm³/mol. The summed E-state index contributed by atoms with van der Waals surface area (Å²) in [5.74, 6) is -0.214. The summed E-state index contributed by atoms with van der Waals surface area (Å²) in [6, 6.07) is 4.32. The molecule has 1 aromatic heterocycles. The molecule has 0 spiro atoms. The van der Waals surface area contributed by atoms with E-state index in [2.05, 4.69) is 9.97 Å². The van der Waals surface area contributed by atoms with Gasteiger partial charge in [0.25, 0.3) is 5.91 Å². The third-order valence-corrected chi connectivity index (χ3v) is 4.03. The molecular formula is C17H15F3N4O3. The quantitative estimate of drug-likeness (QED) is 0.745. The zero-order valence-electron chi connectivity index (χ0n) is 14.2. The van der Waals surface area contributed by atoms with E-state index in [1.54, 1.807) is 6.07 Å². The highest BCUT2D eigenvalue weighted by Crippen LogP contribution is 2.35. The lowest BCUT2D eigenvalue weighted by Crippen LogP contribution is -2.33. The highest BCUT2D eigenvalue weighted by molar-refractivity contribution is 6.01. The van der Waals surface area contributed by atoms with Crippen molar-refractivity contribution >= 4 is 11.9 Å². The van der Waals surface area contributed by atoms with Gasteiger partial charge in [-0.05, 0) is 23.8 Å². The van der Waals surface area contributed by atoms with Gasteiger partial charge >= 0.3 is 12.2 Å². The Balaban J connectivity index is 1.81. The van der Waals surface area contributed by atoms with Crippen molar-refractivity contribution in [3.05, 3.63) is 53.6 Å². The number of nitrogens with zero attached hydrogens (tertiary/aromatic N) is 4. The molecule has 0 radical (unpaired) electrons. The van der Waals surface area contributed by atoms with Crippen molar-refractivity contribution in [2.45, 2.75) is 19.3 Å². The second-order valence-corrected chi connectivity index (χ2v) is 5.80. The van der Waals surface area contributed by atoms with Crippen LogP contribution in [0.4, 0.5) is 18.0 Å². The van der Waals surface area contributed by atoms with E-state index in [1.165, 1.54) is 36.5 Å². The second kappa shape index (κ2) is 7.22. The van der Waals surface area contributed by atoms with Crippen LogP contribution in [0.25, 0.3) is 0 Å². The number of benzene rings is 1. The van der Waals surface area contributed by atoms with Crippen molar-refractivity contribution in [1.29, 1.82) is 0 Å². The molecule has 1 aliphatic heterocycles. The second-order valence-electron chi connectivity index (χ2n) is 5.80.